The molecule has 4 amide bonds. The number of rotatable bonds is 15. The molecule has 2 saturated heterocycles. The van der Waals surface area contributed by atoms with Crippen molar-refractivity contribution in [1.82, 2.24) is 25.1 Å². The van der Waals surface area contributed by atoms with Crippen LogP contribution in [0.1, 0.15) is 62.0 Å². The molecule has 3 heterocycles. The molecule has 1 saturated carbocycles. The predicted octanol–water partition coefficient (Wildman–Crippen LogP) is 6.39. The molecule has 320 valence electrons. The van der Waals surface area contributed by atoms with E-state index in [1.807, 2.05) is 36.2 Å². The van der Waals surface area contributed by atoms with Gasteiger partial charge in [0.2, 0.25) is 11.8 Å². The van der Waals surface area contributed by atoms with Gasteiger partial charge in [-0.3, -0.25) is 24.7 Å². The van der Waals surface area contributed by atoms with Crippen LogP contribution in [0, 0.1) is 12.3 Å². The number of methoxy groups -OCH3 is 1. The van der Waals surface area contributed by atoms with E-state index < -0.39 is 23.8 Å². The molecule has 1 atom stereocenters. The van der Waals surface area contributed by atoms with Gasteiger partial charge < -0.3 is 30.3 Å². The van der Waals surface area contributed by atoms with Crippen molar-refractivity contribution < 1.29 is 37.0 Å². The molecule has 0 bridgehead atoms. The Kier molecular flexibility index (Phi) is 12.3. The maximum atomic E-state index is 13.5. The van der Waals surface area contributed by atoms with E-state index in [0.29, 0.717) is 65.7 Å². The van der Waals surface area contributed by atoms with Gasteiger partial charge in [0, 0.05) is 93.1 Å². The second-order valence-electron chi connectivity index (χ2n) is 16.1. The van der Waals surface area contributed by atoms with Crippen LogP contribution in [0.25, 0.3) is 10.9 Å². The van der Waals surface area contributed by atoms with E-state index in [2.05, 4.69) is 30.4 Å². The zero-order chi connectivity index (χ0) is 42.8. The lowest BCUT2D eigenvalue weighted by molar-refractivity contribution is -0.137. The van der Waals surface area contributed by atoms with E-state index in [-0.39, 0.29) is 29.3 Å². The van der Waals surface area contributed by atoms with E-state index in [1.54, 1.807) is 38.0 Å². The number of carbonyl (C=O) groups excluding carboxylic acids is 3. The maximum absolute atomic E-state index is 13.5. The standard InChI is InChI=1S/C43H52F3N9O5/c1-27(29-20-30(43(44,45)46)22-31(47)21-29)48-40-34-23-37(36(59-4)24-35(34)49-28(2)50-40)60-26-42(12-13-42)25-52(3)39(57)6-5-14-53-16-18-54(19-17-53)32-7-9-33(10-8-32)55-15-11-38(56)51-41(55)58/h7-10,20-24,27H,5-6,11-19,25-26,47H2,1-4H3,(H,48,49,50)(H,51,56,58)/t27-/m1/s1. The molecule has 0 radical (unpaired) electrons. The molecule has 3 aromatic carbocycles. The third-order valence-corrected chi connectivity index (χ3v) is 11.6. The largest absolute Gasteiger partial charge is 0.493 e. The van der Waals surface area contributed by atoms with Crippen molar-refractivity contribution in [3.8, 4) is 11.5 Å². The summed E-state index contributed by atoms with van der Waals surface area (Å²) in [6.45, 7) is 9.08. The van der Waals surface area contributed by atoms with Crippen LogP contribution in [0.15, 0.2) is 54.6 Å². The van der Waals surface area contributed by atoms with E-state index in [1.165, 1.54) is 6.07 Å². The number of carbonyl (C=O) groups is 3. The molecule has 2 aliphatic heterocycles. The Bertz CT molecular complexity index is 2230. The number of benzene rings is 3. The van der Waals surface area contributed by atoms with Crippen molar-refractivity contribution in [1.29, 1.82) is 0 Å². The van der Waals surface area contributed by atoms with Gasteiger partial charge in [-0.05, 0) is 93.7 Å². The fourth-order valence-electron chi connectivity index (χ4n) is 7.89. The van der Waals surface area contributed by atoms with E-state index in [4.69, 9.17) is 15.2 Å². The number of piperazine rings is 1. The highest BCUT2D eigenvalue weighted by atomic mass is 19.4. The molecule has 1 aromatic heterocycles. The fraction of sp³-hybridized carbons (Fsp3) is 0.465. The number of hydrogen-bond donors (Lipinski definition) is 3. The molecule has 1 aliphatic carbocycles. The van der Waals surface area contributed by atoms with Crippen LogP contribution < -0.4 is 35.6 Å². The topological polar surface area (TPSA) is 158 Å². The van der Waals surface area contributed by atoms with Crippen molar-refractivity contribution >= 4 is 51.6 Å². The van der Waals surface area contributed by atoms with Gasteiger partial charge in [-0.25, -0.2) is 14.8 Å². The normalized spacial score (nSPS) is 17.3. The Morgan fingerprint density at radius 1 is 1.00 bits per heavy atom. The van der Waals surface area contributed by atoms with Crippen molar-refractivity contribution in [3.63, 3.8) is 0 Å². The van der Waals surface area contributed by atoms with Gasteiger partial charge in [-0.2, -0.15) is 13.2 Å². The first kappa shape index (κ1) is 42.3. The molecular formula is C43H52F3N9O5. The first-order valence-electron chi connectivity index (χ1n) is 20.3. The summed E-state index contributed by atoms with van der Waals surface area (Å²) in [6.07, 6.45) is -1.22. The Labute approximate surface area is 347 Å². The van der Waals surface area contributed by atoms with E-state index in [9.17, 15) is 27.6 Å². The van der Waals surface area contributed by atoms with E-state index >= 15 is 0 Å². The number of nitrogen functional groups attached to an aromatic ring is 1. The summed E-state index contributed by atoms with van der Waals surface area (Å²) >= 11 is 0. The van der Waals surface area contributed by atoms with Crippen molar-refractivity contribution in [2.45, 2.75) is 58.2 Å². The quantitative estimate of drug-likeness (QED) is 0.114. The zero-order valence-electron chi connectivity index (χ0n) is 34.4. The molecular weight excluding hydrogens is 780 g/mol. The molecule has 4 aromatic rings. The number of anilines is 4. The molecule has 3 aliphatic rings. The SMILES string of the molecule is COc1cc2nc(C)nc(N[C@H](C)c3cc(N)cc(C(F)(F)F)c3)c2cc1OCC1(CN(C)C(=O)CCCN2CCN(c3ccc(N4CCC(=O)NC4=O)cc3)CC2)CC1. The number of nitrogens with zero attached hydrogens (tertiary/aromatic N) is 6. The third-order valence-electron chi connectivity index (χ3n) is 11.6. The highest BCUT2D eigenvalue weighted by Crippen LogP contribution is 2.47. The van der Waals surface area contributed by atoms with Gasteiger partial charge in [-0.15, -0.1) is 0 Å². The minimum Gasteiger partial charge on any atom is -0.493 e. The predicted molar refractivity (Wildman–Crippen MR) is 223 cm³/mol. The molecule has 17 heteroatoms. The molecule has 4 N–H and O–H groups in total. The summed E-state index contributed by atoms with van der Waals surface area (Å²) in [4.78, 5) is 54.2. The average Bonchev–Trinajstić information content (AvgIpc) is 3.98. The van der Waals surface area contributed by atoms with Gasteiger partial charge in [-0.1, -0.05) is 0 Å². The molecule has 0 unspecified atom stereocenters. The number of urea groups is 1. The number of nitrogens with two attached hydrogens (primary N) is 1. The van der Waals surface area contributed by atoms with Gasteiger partial charge in [0.05, 0.1) is 30.8 Å². The molecule has 0 spiro atoms. The summed E-state index contributed by atoms with van der Waals surface area (Å²) in [7, 11) is 3.39. The second-order valence-corrected chi connectivity index (χ2v) is 16.1. The number of imide groups is 1. The average molecular weight is 832 g/mol. The van der Waals surface area contributed by atoms with Gasteiger partial charge in [0.1, 0.15) is 11.6 Å². The van der Waals surface area contributed by atoms with Crippen molar-refractivity contribution in [2.75, 3.05) is 87.4 Å². The van der Waals surface area contributed by atoms with Gasteiger partial charge in [0.25, 0.3) is 0 Å². The van der Waals surface area contributed by atoms with E-state index in [0.717, 1.165) is 75.5 Å². The number of amides is 4. The first-order chi connectivity index (χ1) is 28.6. The van der Waals surface area contributed by atoms with Crippen LogP contribution in [0.3, 0.4) is 0 Å². The minimum absolute atomic E-state index is 0.0129. The highest BCUT2D eigenvalue weighted by molar-refractivity contribution is 6.05. The number of ether oxygens (including phenoxy) is 2. The molecule has 7 rings (SSSR count). The van der Waals surface area contributed by atoms with Crippen LogP contribution in [0.2, 0.25) is 0 Å². The number of aryl methyl sites for hydroxylation is 1. The monoisotopic (exact) mass is 831 g/mol. The summed E-state index contributed by atoms with van der Waals surface area (Å²) in [5.41, 5.74) is 7.62. The summed E-state index contributed by atoms with van der Waals surface area (Å²) in [5, 5.41) is 6.23. The zero-order valence-corrected chi connectivity index (χ0v) is 34.4. The highest BCUT2D eigenvalue weighted by Gasteiger charge is 2.45. The Morgan fingerprint density at radius 2 is 1.72 bits per heavy atom. The number of halogens is 3. The fourth-order valence-corrected chi connectivity index (χ4v) is 7.89. The van der Waals surface area contributed by atoms with Gasteiger partial charge >= 0.3 is 12.2 Å². The Balaban J connectivity index is 0.895. The summed E-state index contributed by atoms with van der Waals surface area (Å²) < 4.78 is 52.7. The Hall–Kier alpha value is -5.84. The number of nitrogens with one attached hydrogen (secondary N) is 2. The third kappa shape index (κ3) is 9.95. The smallest absolute Gasteiger partial charge is 0.416 e. The second kappa shape index (κ2) is 17.4. The van der Waals surface area contributed by atoms with Crippen LogP contribution in [0.4, 0.5) is 40.8 Å². The number of fused-ring (bicyclic) bond motifs is 1. The number of aromatic nitrogens is 2. The lowest BCUT2D eigenvalue weighted by Crippen LogP contribution is -2.49. The summed E-state index contributed by atoms with van der Waals surface area (Å²) in [6, 6.07) is 13.9. The lowest BCUT2D eigenvalue weighted by Gasteiger charge is -2.36. The van der Waals surface area contributed by atoms with Crippen LogP contribution in [0.5, 0.6) is 11.5 Å². The summed E-state index contributed by atoms with van der Waals surface area (Å²) in [5.74, 6) is 1.69. The van der Waals surface area contributed by atoms with Crippen LogP contribution in [-0.4, -0.2) is 104 Å². The van der Waals surface area contributed by atoms with Crippen molar-refractivity contribution in [3.05, 3.63) is 71.5 Å². The minimum atomic E-state index is -4.54. The van der Waals surface area contributed by atoms with Gasteiger partial charge in [0.15, 0.2) is 11.5 Å². The van der Waals surface area contributed by atoms with Crippen LogP contribution in [-0.2, 0) is 15.8 Å². The lowest BCUT2D eigenvalue weighted by atomic mass is 10.0. The molecule has 14 nitrogen and oxygen atoms in total. The number of alkyl halides is 3. The maximum Gasteiger partial charge on any atom is 0.416 e. The first-order valence-corrected chi connectivity index (χ1v) is 20.3. The molecule has 3 fully saturated rings. The number of hydrogen-bond acceptors (Lipinski definition) is 11. The van der Waals surface area contributed by atoms with Crippen LogP contribution >= 0.6 is 0 Å². The Morgan fingerprint density at radius 3 is 2.38 bits per heavy atom. The van der Waals surface area contributed by atoms with Crippen molar-refractivity contribution in [2.24, 2.45) is 5.41 Å². The molecule has 60 heavy (non-hydrogen) atoms.